The molecule has 8 nitrogen and oxygen atoms in total. The number of likely N-dealkylation sites (tertiary alicyclic amines) is 1. The molecule has 1 aliphatic rings. The maximum absolute atomic E-state index is 11.6. The summed E-state index contributed by atoms with van der Waals surface area (Å²) in [7, 11) is 1.40. The summed E-state index contributed by atoms with van der Waals surface area (Å²) in [6.07, 6.45) is 3.06. The summed E-state index contributed by atoms with van der Waals surface area (Å²) < 4.78 is 6.39. The van der Waals surface area contributed by atoms with Gasteiger partial charge in [0.2, 0.25) is 0 Å². The van der Waals surface area contributed by atoms with Crippen LogP contribution in [0.15, 0.2) is 6.20 Å². The molecule has 0 unspecified atom stereocenters. The minimum Gasteiger partial charge on any atom is -0.469 e. The van der Waals surface area contributed by atoms with Crippen LogP contribution in [0, 0.1) is 23.0 Å². The molecule has 0 N–H and O–H groups in total. The van der Waals surface area contributed by atoms with Crippen molar-refractivity contribution < 1.29 is 14.5 Å². The van der Waals surface area contributed by atoms with Crippen LogP contribution in [0.5, 0.6) is 0 Å². The zero-order valence-electron chi connectivity index (χ0n) is 12.3. The Hall–Kier alpha value is -1.96. The van der Waals surface area contributed by atoms with Crippen LogP contribution in [-0.2, 0) is 16.1 Å². The predicted octanol–water partition coefficient (Wildman–Crippen LogP) is 0.985. The van der Waals surface area contributed by atoms with Gasteiger partial charge >= 0.3 is 11.8 Å². The van der Waals surface area contributed by atoms with Gasteiger partial charge in [0.15, 0.2) is 5.82 Å². The fraction of sp³-hybridized carbons (Fsp3) is 0.692. The number of nitro groups is 1. The quantitative estimate of drug-likeness (QED) is 0.457. The molecule has 0 bridgehead atoms. The van der Waals surface area contributed by atoms with E-state index < -0.39 is 4.92 Å². The first-order chi connectivity index (χ1) is 10.0. The Morgan fingerprint density at radius 3 is 3.00 bits per heavy atom. The van der Waals surface area contributed by atoms with Crippen LogP contribution in [0.3, 0.4) is 0 Å². The molecular formula is C13H20N4O4. The molecule has 116 valence electrons. The molecule has 1 fully saturated rings. The molecule has 0 spiro atoms. The van der Waals surface area contributed by atoms with Crippen LogP contribution < -0.4 is 0 Å². The van der Waals surface area contributed by atoms with E-state index in [0.29, 0.717) is 25.5 Å². The molecule has 1 aromatic rings. The van der Waals surface area contributed by atoms with Gasteiger partial charge in [0.1, 0.15) is 12.7 Å². The van der Waals surface area contributed by atoms with Crippen molar-refractivity contribution in [3.8, 4) is 0 Å². The van der Waals surface area contributed by atoms with E-state index in [2.05, 4.69) is 9.88 Å². The van der Waals surface area contributed by atoms with Gasteiger partial charge in [-0.15, -0.1) is 0 Å². The van der Waals surface area contributed by atoms with Gasteiger partial charge in [0.25, 0.3) is 0 Å². The first-order valence-corrected chi connectivity index (χ1v) is 6.99. The molecule has 0 radical (unpaired) electrons. The first kappa shape index (κ1) is 15.4. The van der Waals surface area contributed by atoms with Crippen molar-refractivity contribution in [1.29, 1.82) is 0 Å². The topological polar surface area (TPSA) is 90.5 Å². The molecule has 0 saturated carbocycles. The van der Waals surface area contributed by atoms with E-state index in [-0.39, 0.29) is 17.7 Å². The summed E-state index contributed by atoms with van der Waals surface area (Å²) >= 11 is 0. The Bertz CT molecular complexity index is 528. The molecule has 0 aromatic carbocycles. The first-order valence-electron chi connectivity index (χ1n) is 6.99. The zero-order valence-corrected chi connectivity index (χ0v) is 12.3. The van der Waals surface area contributed by atoms with Crippen LogP contribution in [0.25, 0.3) is 0 Å². The van der Waals surface area contributed by atoms with Crippen LogP contribution in [0.1, 0.15) is 18.7 Å². The largest absolute Gasteiger partial charge is 0.469 e. The van der Waals surface area contributed by atoms with Crippen molar-refractivity contribution in [3.05, 3.63) is 22.1 Å². The second-order valence-electron chi connectivity index (χ2n) is 5.24. The van der Waals surface area contributed by atoms with Gasteiger partial charge in [0, 0.05) is 20.0 Å². The van der Waals surface area contributed by atoms with E-state index in [1.54, 1.807) is 11.5 Å². The summed E-state index contributed by atoms with van der Waals surface area (Å²) in [5.74, 6) is 0.365. The Kier molecular flexibility index (Phi) is 4.89. The Balaban J connectivity index is 1.95. The van der Waals surface area contributed by atoms with Gasteiger partial charge in [-0.3, -0.25) is 9.69 Å². The molecule has 2 rings (SSSR count). The smallest absolute Gasteiger partial charge is 0.342 e. The molecule has 0 amide bonds. The third kappa shape index (κ3) is 3.57. The molecule has 1 aliphatic heterocycles. The number of rotatable bonds is 5. The van der Waals surface area contributed by atoms with E-state index in [9.17, 15) is 14.9 Å². The number of aryl methyl sites for hydroxylation is 1. The highest BCUT2D eigenvalue weighted by atomic mass is 16.6. The highest BCUT2D eigenvalue weighted by molar-refractivity contribution is 5.72. The van der Waals surface area contributed by atoms with E-state index >= 15 is 0 Å². The number of aromatic nitrogens is 2. The van der Waals surface area contributed by atoms with Crippen LogP contribution in [-0.4, -0.2) is 52.1 Å². The molecule has 2 heterocycles. The average Bonchev–Trinajstić information content (AvgIpc) is 2.85. The van der Waals surface area contributed by atoms with Crippen molar-refractivity contribution in [2.75, 3.05) is 26.7 Å². The number of hydrogen-bond acceptors (Lipinski definition) is 6. The number of methoxy groups -OCH3 is 1. The molecule has 21 heavy (non-hydrogen) atoms. The number of carbonyl (C=O) groups is 1. The molecule has 8 heteroatoms. The number of nitrogens with zero attached hydrogens (tertiary/aromatic N) is 4. The maximum atomic E-state index is 11.6. The standard InChI is InChI=1S/C13H20N4O4/c1-10-14-8-12(17(19)20)16(10)7-6-15-5-3-4-11(9-15)13(18)21-2/h8,11H,3-7,9H2,1-2H3/t11-/m0/s1. The third-order valence-electron chi connectivity index (χ3n) is 3.90. The summed E-state index contributed by atoms with van der Waals surface area (Å²) in [5, 5.41) is 10.9. The van der Waals surface area contributed by atoms with Crippen molar-refractivity contribution >= 4 is 11.8 Å². The summed E-state index contributed by atoms with van der Waals surface area (Å²) in [4.78, 5) is 28.2. The number of esters is 1. The van der Waals surface area contributed by atoms with Gasteiger partial charge in [-0.25, -0.2) is 9.55 Å². The highest BCUT2D eigenvalue weighted by Gasteiger charge is 2.27. The van der Waals surface area contributed by atoms with Crippen molar-refractivity contribution in [3.63, 3.8) is 0 Å². The predicted molar refractivity (Wildman–Crippen MR) is 74.8 cm³/mol. The zero-order chi connectivity index (χ0) is 15.4. The summed E-state index contributed by atoms with van der Waals surface area (Å²) in [6.45, 7) is 4.45. The molecule has 1 aromatic heterocycles. The summed E-state index contributed by atoms with van der Waals surface area (Å²) in [6, 6.07) is 0. The molecular weight excluding hydrogens is 276 g/mol. The molecule has 1 saturated heterocycles. The van der Waals surface area contributed by atoms with Gasteiger partial charge in [-0.1, -0.05) is 0 Å². The molecule has 0 aliphatic carbocycles. The number of carbonyl (C=O) groups excluding carboxylic acids is 1. The van der Waals surface area contributed by atoms with E-state index in [4.69, 9.17) is 4.74 Å². The number of hydrogen-bond donors (Lipinski definition) is 0. The van der Waals surface area contributed by atoms with Gasteiger partial charge < -0.3 is 14.9 Å². The number of piperidine rings is 1. The summed E-state index contributed by atoms with van der Waals surface area (Å²) in [5.41, 5.74) is 0. The van der Waals surface area contributed by atoms with E-state index in [0.717, 1.165) is 19.4 Å². The lowest BCUT2D eigenvalue weighted by atomic mass is 9.98. The Morgan fingerprint density at radius 2 is 2.33 bits per heavy atom. The average molecular weight is 296 g/mol. The van der Waals surface area contributed by atoms with Crippen LogP contribution in [0.4, 0.5) is 5.82 Å². The van der Waals surface area contributed by atoms with E-state index in [1.165, 1.54) is 13.3 Å². The van der Waals surface area contributed by atoms with Crippen LogP contribution >= 0.6 is 0 Å². The van der Waals surface area contributed by atoms with Crippen LogP contribution in [0.2, 0.25) is 0 Å². The second-order valence-corrected chi connectivity index (χ2v) is 5.24. The highest BCUT2D eigenvalue weighted by Crippen LogP contribution is 2.19. The fourth-order valence-electron chi connectivity index (χ4n) is 2.74. The fourth-order valence-corrected chi connectivity index (χ4v) is 2.74. The van der Waals surface area contributed by atoms with Crippen molar-refractivity contribution in [2.45, 2.75) is 26.3 Å². The Morgan fingerprint density at radius 1 is 1.57 bits per heavy atom. The lowest BCUT2D eigenvalue weighted by Crippen LogP contribution is -2.40. The second kappa shape index (κ2) is 6.66. The third-order valence-corrected chi connectivity index (χ3v) is 3.90. The molecule has 1 atom stereocenters. The van der Waals surface area contributed by atoms with Crippen molar-refractivity contribution in [1.82, 2.24) is 14.5 Å². The van der Waals surface area contributed by atoms with Crippen molar-refractivity contribution in [2.24, 2.45) is 5.92 Å². The van der Waals surface area contributed by atoms with Gasteiger partial charge in [-0.2, -0.15) is 0 Å². The Labute approximate surface area is 122 Å². The monoisotopic (exact) mass is 296 g/mol. The van der Waals surface area contributed by atoms with E-state index in [1.807, 2.05) is 0 Å². The lowest BCUT2D eigenvalue weighted by Gasteiger charge is -2.30. The number of ether oxygens (including phenoxy) is 1. The number of imidazole rings is 1. The van der Waals surface area contributed by atoms with Gasteiger partial charge in [-0.05, 0) is 24.3 Å². The SMILES string of the molecule is COC(=O)[C@H]1CCCN(CCn2c([N+](=O)[O-])cnc2C)C1. The minimum atomic E-state index is -0.423. The van der Waals surface area contributed by atoms with Gasteiger partial charge in [0.05, 0.1) is 13.0 Å². The maximum Gasteiger partial charge on any atom is 0.342 e. The lowest BCUT2D eigenvalue weighted by molar-refractivity contribution is -0.392. The minimum absolute atomic E-state index is 0.00836. The normalized spacial score (nSPS) is 19.4.